The lowest BCUT2D eigenvalue weighted by Crippen LogP contribution is -2.62. The highest BCUT2D eigenvalue weighted by atomic mass is 19.1. The molecule has 0 radical (unpaired) electrons. The maximum Gasteiger partial charge on any atom is 0.247 e. The van der Waals surface area contributed by atoms with Gasteiger partial charge >= 0.3 is 0 Å². The van der Waals surface area contributed by atoms with Gasteiger partial charge in [0.05, 0.1) is 18.5 Å². The Labute approximate surface area is 267 Å². The van der Waals surface area contributed by atoms with Gasteiger partial charge in [-0.2, -0.15) is 0 Å². The second-order valence-corrected chi connectivity index (χ2v) is 11.9. The predicted molar refractivity (Wildman–Crippen MR) is 168 cm³/mol. The van der Waals surface area contributed by atoms with E-state index in [1.54, 1.807) is 48.0 Å². The van der Waals surface area contributed by atoms with Gasteiger partial charge in [0, 0.05) is 19.1 Å². The molecule has 4 atom stereocenters. The molecule has 2 fully saturated rings. The minimum absolute atomic E-state index is 0.0297. The molecule has 11 heteroatoms. The maximum absolute atomic E-state index is 14.3. The first kappa shape index (κ1) is 32.7. The van der Waals surface area contributed by atoms with Gasteiger partial charge in [-0.15, -0.1) is 0 Å². The molecule has 9 nitrogen and oxygen atoms in total. The van der Waals surface area contributed by atoms with Crippen molar-refractivity contribution in [2.24, 2.45) is 0 Å². The fourth-order valence-electron chi connectivity index (χ4n) is 6.18. The van der Waals surface area contributed by atoms with E-state index in [9.17, 15) is 28.0 Å². The van der Waals surface area contributed by atoms with Crippen molar-refractivity contribution < 1.29 is 28.0 Å². The maximum atomic E-state index is 14.3. The second kappa shape index (κ2) is 14.6. The zero-order valence-corrected chi connectivity index (χ0v) is 25.9. The Kier molecular flexibility index (Phi) is 10.4. The molecule has 0 unspecified atom stereocenters. The SMILES string of the molecule is CN[C@@H](C)C(=O)N[C@H]1CN(C(=O)Cc2ccccc2)CC[C@H]2CC[C@@H](C(=O)NC(c3ccc(F)cc3)c3ccc(F)cc3)N2C1=O. The fourth-order valence-corrected chi connectivity index (χ4v) is 6.18. The lowest BCUT2D eigenvalue weighted by atomic mass is 9.98. The monoisotopic (exact) mass is 631 g/mol. The van der Waals surface area contributed by atoms with Crippen molar-refractivity contribution in [3.05, 3.63) is 107 Å². The fraction of sp³-hybridized carbons (Fsp3) is 0.371. The number of nitrogens with one attached hydrogen (secondary N) is 3. The average molecular weight is 632 g/mol. The van der Waals surface area contributed by atoms with E-state index in [1.165, 1.54) is 24.3 Å². The van der Waals surface area contributed by atoms with Crippen LogP contribution in [0.15, 0.2) is 78.9 Å². The van der Waals surface area contributed by atoms with Crippen LogP contribution in [0.3, 0.4) is 0 Å². The van der Waals surface area contributed by atoms with Crippen LogP contribution in [0.25, 0.3) is 0 Å². The Balaban J connectivity index is 1.40. The molecular weight excluding hydrogens is 592 g/mol. The summed E-state index contributed by atoms with van der Waals surface area (Å²) in [6.07, 6.45) is 1.56. The largest absolute Gasteiger partial charge is 0.343 e. The highest BCUT2D eigenvalue weighted by Crippen LogP contribution is 2.31. The number of likely N-dealkylation sites (N-methyl/N-ethyl adjacent to an activating group) is 1. The molecule has 2 saturated heterocycles. The summed E-state index contributed by atoms with van der Waals surface area (Å²) >= 11 is 0. The van der Waals surface area contributed by atoms with Crippen LogP contribution in [-0.4, -0.2) is 77.7 Å². The zero-order valence-electron chi connectivity index (χ0n) is 25.9. The zero-order chi connectivity index (χ0) is 32.8. The molecule has 2 heterocycles. The Morgan fingerprint density at radius 1 is 0.870 bits per heavy atom. The summed E-state index contributed by atoms with van der Waals surface area (Å²) in [6.45, 7) is 2.00. The molecule has 0 saturated carbocycles. The number of carbonyl (C=O) groups is 4. The summed E-state index contributed by atoms with van der Waals surface area (Å²) in [5.41, 5.74) is 2.03. The van der Waals surface area contributed by atoms with Crippen molar-refractivity contribution in [3.8, 4) is 0 Å². The molecule has 3 aromatic carbocycles. The normalized spacial score (nSPS) is 20.5. The van der Waals surface area contributed by atoms with E-state index in [-0.39, 0.29) is 24.9 Å². The first-order valence-electron chi connectivity index (χ1n) is 15.6. The molecule has 242 valence electrons. The van der Waals surface area contributed by atoms with Crippen LogP contribution in [0.1, 0.15) is 48.9 Å². The molecule has 0 aromatic heterocycles. The third-order valence-corrected chi connectivity index (χ3v) is 8.88. The molecule has 4 amide bonds. The van der Waals surface area contributed by atoms with Gasteiger partial charge < -0.3 is 25.8 Å². The van der Waals surface area contributed by atoms with E-state index in [4.69, 9.17) is 0 Å². The molecule has 2 aliphatic heterocycles. The molecular formula is C35H39F2N5O4. The van der Waals surface area contributed by atoms with E-state index < -0.39 is 53.5 Å². The average Bonchev–Trinajstić information content (AvgIpc) is 3.48. The minimum Gasteiger partial charge on any atom is -0.343 e. The van der Waals surface area contributed by atoms with Crippen molar-refractivity contribution in [2.75, 3.05) is 20.1 Å². The second-order valence-electron chi connectivity index (χ2n) is 11.9. The van der Waals surface area contributed by atoms with Crippen LogP contribution in [0, 0.1) is 11.6 Å². The Morgan fingerprint density at radius 2 is 1.48 bits per heavy atom. The minimum atomic E-state index is -1.07. The summed E-state index contributed by atoms with van der Waals surface area (Å²) < 4.78 is 27.5. The molecule has 46 heavy (non-hydrogen) atoms. The Hall–Kier alpha value is -4.64. The number of fused-ring (bicyclic) bond motifs is 1. The number of rotatable bonds is 9. The van der Waals surface area contributed by atoms with E-state index in [0.717, 1.165) is 5.56 Å². The highest BCUT2D eigenvalue weighted by Gasteiger charge is 2.46. The predicted octanol–water partition coefficient (Wildman–Crippen LogP) is 3.10. The van der Waals surface area contributed by atoms with Gasteiger partial charge in [-0.05, 0) is 74.2 Å². The first-order valence-corrected chi connectivity index (χ1v) is 15.6. The van der Waals surface area contributed by atoms with Crippen molar-refractivity contribution >= 4 is 23.6 Å². The first-order chi connectivity index (χ1) is 22.1. The molecule has 0 aliphatic carbocycles. The van der Waals surface area contributed by atoms with Gasteiger partial charge in [0.25, 0.3) is 0 Å². The smallest absolute Gasteiger partial charge is 0.247 e. The van der Waals surface area contributed by atoms with E-state index in [0.29, 0.717) is 36.9 Å². The number of hydrogen-bond acceptors (Lipinski definition) is 5. The van der Waals surface area contributed by atoms with Crippen LogP contribution >= 0.6 is 0 Å². The van der Waals surface area contributed by atoms with Crippen LogP contribution in [0.4, 0.5) is 8.78 Å². The number of hydrogen-bond donors (Lipinski definition) is 3. The number of benzene rings is 3. The highest BCUT2D eigenvalue weighted by molar-refractivity contribution is 5.94. The van der Waals surface area contributed by atoms with Gasteiger partial charge in [0.15, 0.2) is 0 Å². The van der Waals surface area contributed by atoms with E-state index >= 15 is 0 Å². The van der Waals surface area contributed by atoms with Crippen molar-refractivity contribution in [3.63, 3.8) is 0 Å². The van der Waals surface area contributed by atoms with E-state index in [1.807, 2.05) is 30.3 Å². The number of halogens is 2. The van der Waals surface area contributed by atoms with Crippen LogP contribution in [0.2, 0.25) is 0 Å². The lowest BCUT2D eigenvalue weighted by molar-refractivity contribution is -0.147. The van der Waals surface area contributed by atoms with Gasteiger partial charge in [-0.1, -0.05) is 54.6 Å². The molecule has 0 bridgehead atoms. The third kappa shape index (κ3) is 7.59. The lowest BCUT2D eigenvalue weighted by Gasteiger charge is -2.39. The summed E-state index contributed by atoms with van der Waals surface area (Å²) in [5.74, 6) is -2.27. The Bertz CT molecular complexity index is 1490. The van der Waals surface area contributed by atoms with E-state index in [2.05, 4.69) is 16.0 Å². The topological polar surface area (TPSA) is 111 Å². The van der Waals surface area contributed by atoms with Crippen LogP contribution in [0.5, 0.6) is 0 Å². The molecule has 3 aromatic rings. The van der Waals surface area contributed by atoms with Gasteiger partial charge in [-0.25, -0.2) is 8.78 Å². The number of amides is 4. The molecule has 5 rings (SSSR count). The van der Waals surface area contributed by atoms with Gasteiger partial charge in [-0.3, -0.25) is 19.2 Å². The summed E-state index contributed by atoms with van der Waals surface area (Å²) in [4.78, 5) is 57.8. The van der Waals surface area contributed by atoms with Crippen LogP contribution < -0.4 is 16.0 Å². The number of carbonyl (C=O) groups excluding carboxylic acids is 4. The summed E-state index contributed by atoms with van der Waals surface area (Å²) in [6, 6.07) is 17.2. The Morgan fingerprint density at radius 3 is 2.07 bits per heavy atom. The summed E-state index contributed by atoms with van der Waals surface area (Å²) in [5, 5.41) is 8.71. The molecule has 3 N–H and O–H groups in total. The van der Waals surface area contributed by atoms with Crippen molar-refractivity contribution in [1.82, 2.24) is 25.8 Å². The number of nitrogens with zero attached hydrogens (tertiary/aromatic N) is 2. The standard InChI is InChI=1S/C35H39F2N5O4/c1-22(38-2)33(44)39-29-21-41(31(43)20-23-6-4-3-5-7-23)19-18-28-16-17-30(42(28)35(29)46)34(45)40-32(24-8-12-26(36)13-9-24)25-10-14-27(37)15-11-25/h3-15,22,28-30,32,38H,16-21H2,1-2H3,(H,39,44)(H,40,45)/t22-,28+,29-,30-/m0/s1. The van der Waals surface area contributed by atoms with Gasteiger partial charge in [0.1, 0.15) is 23.7 Å². The quantitative estimate of drug-likeness (QED) is 0.336. The van der Waals surface area contributed by atoms with Crippen molar-refractivity contribution in [1.29, 1.82) is 0 Å². The molecule has 0 spiro atoms. The van der Waals surface area contributed by atoms with Crippen molar-refractivity contribution in [2.45, 2.75) is 62.8 Å². The van der Waals surface area contributed by atoms with Gasteiger partial charge in [0.2, 0.25) is 23.6 Å². The van der Waals surface area contributed by atoms with Crippen LogP contribution in [-0.2, 0) is 25.6 Å². The summed E-state index contributed by atoms with van der Waals surface area (Å²) in [7, 11) is 1.63. The third-order valence-electron chi connectivity index (χ3n) is 8.88. The molecule has 2 aliphatic rings.